The highest BCUT2D eigenvalue weighted by molar-refractivity contribution is 9.10. The Labute approximate surface area is 135 Å². The molecule has 102 valence electrons. The summed E-state index contributed by atoms with van der Waals surface area (Å²) in [6.07, 6.45) is 0. The molecule has 0 aliphatic carbocycles. The summed E-state index contributed by atoms with van der Waals surface area (Å²) in [6.45, 7) is 2.20. The van der Waals surface area contributed by atoms with Gasteiger partial charge in [0.2, 0.25) is 0 Å². The van der Waals surface area contributed by atoms with Crippen molar-refractivity contribution in [3.05, 3.63) is 58.6 Å². The zero-order valence-electron chi connectivity index (χ0n) is 10.8. The molecule has 0 radical (unpaired) electrons. The summed E-state index contributed by atoms with van der Waals surface area (Å²) in [4.78, 5) is 5.85. The van der Waals surface area contributed by atoms with E-state index in [9.17, 15) is 0 Å². The van der Waals surface area contributed by atoms with Crippen LogP contribution in [0.25, 0.3) is 0 Å². The lowest BCUT2D eigenvalue weighted by atomic mass is 10.2. The highest BCUT2D eigenvalue weighted by Gasteiger charge is 2.16. The first kappa shape index (κ1) is 14.0. The third kappa shape index (κ3) is 3.22. The molecular weight excluding hydrogens is 352 g/mol. The van der Waals surface area contributed by atoms with Crippen molar-refractivity contribution in [1.29, 1.82) is 0 Å². The Morgan fingerprint density at radius 3 is 2.80 bits per heavy atom. The highest BCUT2D eigenvalue weighted by atomic mass is 79.9. The maximum absolute atomic E-state index is 4.69. The molecule has 0 fully saturated rings. The SMILES string of the molecule is CC(SC1=Nc2cc(Br)ccc2SN1)c1ccccc1. The summed E-state index contributed by atoms with van der Waals surface area (Å²) in [5.74, 6) is 0. The van der Waals surface area contributed by atoms with E-state index in [0.717, 1.165) is 20.2 Å². The molecule has 1 N–H and O–H groups in total. The lowest BCUT2D eigenvalue weighted by molar-refractivity contribution is 1.11. The van der Waals surface area contributed by atoms with E-state index in [1.807, 2.05) is 12.1 Å². The van der Waals surface area contributed by atoms with E-state index in [2.05, 4.69) is 69.0 Å². The summed E-state index contributed by atoms with van der Waals surface area (Å²) in [5, 5.41) is 1.33. The van der Waals surface area contributed by atoms with Crippen molar-refractivity contribution >= 4 is 50.5 Å². The van der Waals surface area contributed by atoms with Gasteiger partial charge in [-0.1, -0.05) is 58.0 Å². The van der Waals surface area contributed by atoms with Crippen molar-refractivity contribution < 1.29 is 0 Å². The molecule has 2 nitrogen and oxygen atoms in total. The van der Waals surface area contributed by atoms with Crippen LogP contribution in [0.3, 0.4) is 0 Å². The number of hydrogen-bond acceptors (Lipinski definition) is 4. The number of nitrogens with zero attached hydrogens (tertiary/aromatic N) is 1. The van der Waals surface area contributed by atoms with Crippen LogP contribution >= 0.6 is 39.6 Å². The predicted octanol–water partition coefficient (Wildman–Crippen LogP) is 5.54. The maximum atomic E-state index is 4.69. The molecule has 5 heteroatoms. The minimum absolute atomic E-state index is 0.372. The Balaban J connectivity index is 1.79. The molecule has 1 aliphatic rings. The fourth-order valence-corrected chi connectivity index (χ4v) is 3.94. The van der Waals surface area contributed by atoms with Gasteiger partial charge in [-0.05, 0) is 42.6 Å². The largest absolute Gasteiger partial charge is 0.305 e. The van der Waals surface area contributed by atoms with Gasteiger partial charge < -0.3 is 4.72 Å². The van der Waals surface area contributed by atoms with Crippen molar-refractivity contribution in [3.63, 3.8) is 0 Å². The van der Waals surface area contributed by atoms with Gasteiger partial charge in [-0.25, -0.2) is 4.99 Å². The number of fused-ring (bicyclic) bond motifs is 1. The Hall–Kier alpha value is -0.910. The third-order valence-corrected chi connectivity index (χ3v) is 5.47. The van der Waals surface area contributed by atoms with E-state index < -0.39 is 0 Å². The van der Waals surface area contributed by atoms with Crippen LogP contribution in [-0.2, 0) is 0 Å². The molecule has 0 aromatic heterocycles. The first-order valence-corrected chi connectivity index (χ1v) is 8.74. The summed E-state index contributed by atoms with van der Waals surface area (Å²) in [7, 11) is 0. The summed E-state index contributed by atoms with van der Waals surface area (Å²) >= 11 is 6.86. The molecule has 2 aromatic carbocycles. The molecule has 1 aliphatic heterocycles. The number of nitrogens with one attached hydrogen (secondary N) is 1. The Morgan fingerprint density at radius 2 is 2.00 bits per heavy atom. The van der Waals surface area contributed by atoms with Crippen molar-refractivity contribution in [3.8, 4) is 0 Å². The van der Waals surface area contributed by atoms with Crippen molar-refractivity contribution in [2.24, 2.45) is 4.99 Å². The number of halogens is 1. The topological polar surface area (TPSA) is 24.4 Å². The summed E-state index contributed by atoms with van der Waals surface area (Å²) < 4.78 is 4.37. The van der Waals surface area contributed by atoms with Gasteiger partial charge >= 0.3 is 0 Å². The van der Waals surface area contributed by atoms with Crippen molar-refractivity contribution in [2.75, 3.05) is 0 Å². The van der Waals surface area contributed by atoms with Gasteiger partial charge in [-0.2, -0.15) is 0 Å². The number of hydrogen-bond donors (Lipinski definition) is 1. The maximum Gasteiger partial charge on any atom is 0.172 e. The van der Waals surface area contributed by atoms with Crippen LogP contribution in [0.5, 0.6) is 0 Å². The fraction of sp³-hybridized carbons (Fsp3) is 0.133. The molecule has 2 aromatic rings. The lowest BCUT2D eigenvalue weighted by Gasteiger charge is -2.19. The van der Waals surface area contributed by atoms with Crippen LogP contribution < -0.4 is 4.72 Å². The lowest BCUT2D eigenvalue weighted by Crippen LogP contribution is -2.15. The second kappa shape index (κ2) is 6.24. The van der Waals surface area contributed by atoms with Crippen LogP contribution in [0, 0.1) is 0 Å². The predicted molar refractivity (Wildman–Crippen MR) is 92.7 cm³/mol. The Morgan fingerprint density at radius 1 is 1.20 bits per heavy atom. The van der Waals surface area contributed by atoms with Gasteiger partial charge in [0.25, 0.3) is 0 Å². The van der Waals surface area contributed by atoms with E-state index in [0.29, 0.717) is 5.25 Å². The molecular formula is C15H13BrN2S2. The standard InChI is InChI=1S/C15H13BrN2S2/c1-10(11-5-3-2-4-6-11)19-15-17-13-9-12(16)7-8-14(13)20-18-15/h2-10H,1H3,(H,17,18). The number of aliphatic imine (C=N–C) groups is 1. The van der Waals surface area contributed by atoms with Crippen molar-refractivity contribution in [1.82, 2.24) is 4.72 Å². The third-order valence-electron chi connectivity index (χ3n) is 2.95. The monoisotopic (exact) mass is 364 g/mol. The molecule has 0 saturated carbocycles. The molecule has 1 unspecified atom stereocenters. The van der Waals surface area contributed by atoms with E-state index in [1.54, 1.807) is 23.7 Å². The van der Waals surface area contributed by atoms with Gasteiger partial charge in [-0.15, -0.1) is 0 Å². The molecule has 20 heavy (non-hydrogen) atoms. The number of amidine groups is 1. The molecule has 0 amide bonds. The van der Waals surface area contributed by atoms with Gasteiger partial charge in [0.15, 0.2) is 5.17 Å². The highest BCUT2D eigenvalue weighted by Crippen LogP contribution is 2.38. The van der Waals surface area contributed by atoms with Gasteiger partial charge in [0.05, 0.1) is 10.6 Å². The number of benzene rings is 2. The van der Waals surface area contributed by atoms with E-state index in [1.165, 1.54) is 5.56 Å². The molecule has 1 atom stereocenters. The molecule has 1 heterocycles. The first-order valence-electron chi connectivity index (χ1n) is 6.25. The van der Waals surface area contributed by atoms with Crippen LogP contribution in [0.2, 0.25) is 0 Å². The number of rotatable bonds is 2. The quantitative estimate of drug-likeness (QED) is 0.707. The van der Waals surface area contributed by atoms with Crippen LogP contribution in [0.1, 0.15) is 17.7 Å². The van der Waals surface area contributed by atoms with E-state index >= 15 is 0 Å². The summed E-state index contributed by atoms with van der Waals surface area (Å²) in [5.41, 5.74) is 2.33. The second-order valence-electron chi connectivity index (χ2n) is 4.40. The fourth-order valence-electron chi connectivity index (χ4n) is 1.91. The van der Waals surface area contributed by atoms with Crippen molar-refractivity contribution in [2.45, 2.75) is 17.1 Å². The van der Waals surface area contributed by atoms with Gasteiger partial charge in [0.1, 0.15) is 0 Å². The van der Waals surface area contributed by atoms with Gasteiger partial charge in [-0.3, -0.25) is 0 Å². The minimum Gasteiger partial charge on any atom is -0.305 e. The zero-order valence-corrected chi connectivity index (χ0v) is 14.1. The second-order valence-corrected chi connectivity index (χ2v) is 7.50. The Bertz CT molecular complexity index is 644. The van der Waals surface area contributed by atoms with Crippen LogP contribution in [0.4, 0.5) is 5.69 Å². The molecule has 3 rings (SSSR count). The van der Waals surface area contributed by atoms with Gasteiger partial charge in [0, 0.05) is 9.72 Å². The summed E-state index contributed by atoms with van der Waals surface area (Å²) in [6, 6.07) is 16.7. The smallest absolute Gasteiger partial charge is 0.172 e. The van der Waals surface area contributed by atoms with Crippen LogP contribution in [-0.4, -0.2) is 5.17 Å². The molecule has 0 bridgehead atoms. The minimum atomic E-state index is 0.372. The van der Waals surface area contributed by atoms with Crippen LogP contribution in [0.15, 0.2) is 62.9 Å². The molecule has 0 spiro atoms. The Kier molecular flexibility index (Phi) is 4.38. The van der Waals surface area contributed by atoms with E-state index in [4.69, 9.17) is 0 Å². The number of thioether (sulfide) groups is 1. The zero-order chi connectivity index (χ0) is 13.9. The van der Waals surface area contributed by atoms with E-state index in [-0.39, 0.29) is 0 Å². The average Bonchev–Trinajstić information content (AvgIpc) is 2.47. The average molecular weight is 365 g/mol. The molecule has 0 saturated heterocycles. The first-order chi connectivity index (χ1) is 9.72. The normalized spacial score (nSPS) is 15.0.